The van der Waals surface area contributed by atoms with Crippen LogP contribution in [0.4, 0.5) is 0 Å². The van der Waals surface area contributed by atoms with E-state index in [0.29, 0.717) is 6.10 Å². The van der Waals surface area contributed by atoms with Crippen LogP contribution in [0.3, 0.4) is 0 Å². The third-order valence-electron chi connectivity index (χ3n) is 4.39. The fourth-order valence-corrected chi connectivity index (χ4v) is 3.24. The number of methoxy groups -OCH3 is 1. The van der Waals surface area contributed by atoms with Gasteiger partial charge in [0.2, 0.25) is 0 Å². The lowest BCUT2D eigenvalue weighted by Crippen LogP contribution is -2.32. The number of hydrogen-bond donors (Lipinski definition) is 1. The summed E-state index contributed by atoms with van der Waals surface area (Å²) in [5, 5.41) is 3.76. The van der Waals surface area contributed by atoms with Gasteiger partial charge in [-0.15, -0.1) is 0 Å². The summed E-state index contributed by atoms with van der Waals surface area (Å²) in [6, 6.07) is 0.730. The van der Waals surface area contributed by atoms with Gasteiger partial charge >= 0.3 is 0 Å². The summed E-state index contributed by atoms with van der Waals surface area (Å²) < 4.78 is 5.41. The van der Waals surface area contributed by atoms with E-state index >= 15 is 0 Å². The molecule has 0 bridgehead atoms. The summed E-state index contributed by atoms with van der Waals surface area (Å²) in [4.78, 5) is 0. The second kappa shape index (κ2) is 6.61. The Morgan fingerprint density at radius 2 is 1.75 bits per heavy atom. The van der Waals surface area contributed by atoms with Gasteiger partial charge < -0.3 is 10.1 Å². The van der Waals surface area contributed by atoms with Crippen molar-refractivity contribution >= 4 is 0 Å². The van der Waals surface area contributed by atoms with Crippen LogP contribution in [0.1, 0.15) is 57.8 Å². The Morgan fingerprint density at radius 1 is 1.00 bits per heavy atom. The maximum Gasteiger partial charge on any atom is 0.0586 e. The maximum absolute atomic E-state index is 5.41. The van der Waals surface area contributed by atoms with E-state index in [1.54, 1.807) is 0 Å². The third kappa shape index (κ3) is 3.74. The number of rotatable bonds is 4. The fraction of sp³-hybridized carbons (Fsp3) is 1.00. The summed E-state index contributed by atoms with van der Waals surface area (Å²) in [6.45, 7) is 1.25. The second-order valence-corrected chi connectivity index (χ2v) is 5.63. The van der Waals surface area contributed by atoms with Gasteiger partial charge in [0, 0.05) is 13.2 Å². The van der Waals surface area contributed by atoms with Gasteiger partial charge in [0.15, 0.2) is 0 Å². The molecule has 2 aliphatic rings. The first kappa shape index (κ1) is 12.4. The molecule has 1 N–H and O–H groups in total. The van der Waals surface area contributed by atoms with E-state index in [1.165, 1.54) is 64.3 Å². The van der Waals surface area contributed by atoms with E-state index in [0.717, 1.165) is 12.0 Å². The Hall–Kier alpha value is -0.0800. The van der Waals surface area contributed by atoms with Crippen molar-refractivity contribution in [3.8, 4) is 0 Å². The maximum atomic E-state index is 5.41. The number of hydrogen-bond acceptors (Lipinski definition) is 2. The van der Waals surface area contributed by atoms with E-state index < -0.39 is 0 Å². The molecule has 2 saturated carbocycles. The van der Waals surface area contributed by atoms with Crippen LogP contribution < -0.4 is 5.32 Å². The predicted molar refractivity (Wildman–Crippen MR) is 67.6 cm³/mol. The van der Waals surface area contributed by atoms with Crippen molar-refractivity contribution in [2.45, 2.75) is 69.9 Å². The van der Waals surface area contributed by atoms with Crippen molar-refractivity contribution in [2.75, 3.05) is 13.7 Å². The Morgan fingerprint density at radius 3 is 2.38 bits per heavy atom. The first-order chi connectivity index (χ1) is 7.88. The van der Waals surface area contributed by atoms with Crippen molar-refractivity contribution < 1.29 is 4.74 Å². The minimum atomic E-state index is 0.520. The van der Waals surface area contributed by atoms with Crippen LogP contribution in [0.15, 0.2) is 0 Å². The van der Waals surface area contributed by atoms with Gasteiger partial charge in [0.05, 0.1) is 6.10 Å². The Balaban J connectivity index is 1.63. The van der Waals surface area contributed by atoms with E-state index in [1.807, 2.05) is 7.11 Å². The van der Waals surface area contributed by atoms with Crippen molar-refractivity contribution in [1.82, 2.24) is 5.32 Å². The largest absolute Gasteiger partial charge is 0.381 e. The van der Waals surface area contributed by atoms with Gasteiger partial charge in [-0.25, -0.2) is 0 Å². The summed E-state index contributed by atoms with van der Waals surface area (Å²) in [7, 11) is 1.85. The minimum absolute atomic E-state index is 0.520. The topological polar surface area (TPSA) is 21.3 Å². The number of nitrogens with one attached hydrogen (secondary N) is 1. The SMILES string of the molecule is COC1CCC(NCC2CCCCCC2)C1. The van der Waals surface area contributed by atoms with Crippen molar-refractivity contribution in [3.05, 3.63) is 0 Å². The molecule has 2 unspecified atom stereocenters. The van der Waals surface area contributed by atoms with Gasteiger partial charge in [0.25, 0.3) is 0 Å². The lowest BCUT2D eigenvalue weighted by Gasteiger charge is -2.19. The van der Waals surface area contributed by atoms with Crippen molar-refractivity contribution in [1.29, 1.82) is 0 Å². The molecule has 0 amide bonds. The van der Waals surface area contributed by atoms with Gasteiger partial charge in [-0.05, 0) is 44.6 Å². The predicted octanol–water partition coefficient (Wildman–Crippen LogP) is 3.11. The lowest BCUT2D eigenvalue weighted by molar-refractivity contribution is 0.107. The molecule has 0 saturated heterocycles. The van der Waals surface area contributed by atoms with Crippen molar-refractivity contribution in [2.24, 2.45) is 5.92 Å². The molecule has 2 atom stereocenters. The molecule has 94 valence electrons. The first-order valence-electron chi connectivity index (χ1n) is 7.14. The quantitative estimate of drug-likeness (QED) is 0.742. The van der Waals surface area contributed by atoms with Crippen LogP contribution in [-0.2, 0) is 4.74 Å². The first-order valence-corrected chi connectivity index (χ1v) is 7.14. The average molecular weight is 225 g/mol. The van der Waals surface area contributed by atoms with Gasteiger partial charge in [-0.1, -0.05) is 25.7 Å². The zero-order valence-electron chi connectivity index (χ0n) is 10.7. The molecule has 2 heteroatoms. The average Bonchev–Trinajstić information content (AvgIpc) is 2.61. The van der Waals surface area contributed by atoms with Gasteiger partial charge in [-0.3, -0.25) is 0 Å². The standard InChI is InChI=1S/C14H27NO/c1-16-14-9-8-13(10-14)15-11-12-6-4-2-3-5-7-12/h12-15H,2-11H2,1H3. The Kier molecular flexibility index (Phi) is 5.11. The van der Waals surface area contributed by atoms with Crippen LogP contribution in [0.5, 0.6) is 0 Å². The van der Waals surface area contributed by atoms with E-state index in [4.69, 9.17) is 4.74 Å². The highest BCUT2D eigenvalue weighted by atomic mass is 16.5. The van der Waals surface area contributed by atoms with Crippen LogP contribution >= 0.6 is 0 Å². The highest BCUT2D eigenvalue weighted by molar-refractivity contribution is 4.82. The minimum Gasteiger partial charge on any atom is -0.381 e. The summed E-state index contributed by atoms with van der Waals surface area (Å²) in [6.07, 6.45) is 13.0. The molecule has 2 fully saturated rings. The molecule has 0 aromatic rings. The molecular formula is C14H27NO. The summed E-state index contributed by atoms with van der Waals surface area (Å²) in [5.74, 6) is 0.948. The molecule has 2 aliphatic carbocycles. The molecule has 0 aromatic carbocycles. The molecule has 16 heavy (non-hydrogen) atoms. The van der Waals surface area contributed by atoms with Gasteiger partial charge in [-0.2, -0.15) is 0 Å². The Bertz CT molecular complexity index is 187. The van der Waals surface area contributed by atoms with Crippen LogP contribution in [0.25, 0.3) is 0 Å². The summed E-state index contributed by atoms with van der Waals surface area (Å²) >= 11 is 0. The van der Waals surface area contributed by atoms with Crippen LogP contribution in [-0.4, -0.2) is 25.8 Å². The molecule has 0 aromatic heterocycles. The third-order valence-corrected chi connectivity index (χ3v) is 4.39. The van der Waals surface area contributed by atoms with Gasteiger partial charge in [0.1, 0.15) is 0 Å². The van der Waals surface area contributed by atoms with Crippen LogP contribution in [0, 0.1) is 5.92 Å². The monoisotopic (exact) mass is 225 g/mol. The zero-order chi connectivity index (χ0) is 11.2. The molecule has 0 aliphatic heterocycles. The molecule has 2 rings (SSSR count). The molecule has 2 nitrogen and oxygen atoms in total. The molecular weight excluding hydrogens is 198 g/mol. The van der Waals surface area contributed by atoms with E-state index in [2.05, 4.69) is 5.32 Å². The molecule has 0 radical (unpaired) electrons. The fourth-order valence-electron chi connectivity index (χ4n) is 3.24. The van der Waals surface area contributed by atoms with E-state index in [-0.39, 0.29) is 0 Å². The molecule has 0 spiro atoms. The highest BCUT2D eigenvalue weighted by Gasteiger charge is 2.24. The van der Waals surface area contributed by atoms with Crippen molar-refractivity contribution in [3.63, 3.8) is 0 Å². The molecule has 0 heterocycles. The van der Waals surface area contributed by atoms with E-state index in [9.17, 15) is 0 Å². The smallest absolute Gasteiger partial charge is 0.0586 e. The van der Waals surface area contributed by atoms with Crippen LogP contribution in [0.2, 0.25) is 0 Å². The normalized spacial score (nSPS) is 32.8. The lowest BCUT2D eigenvalue weighted by atomic mass is 10.00. The second-order valence-electron chi connectivity index (χ2n) is 5.63. The number of ether oxygens (including phenoxy) is 1. The Labute approximate surface area is 100 Å². The highest BCUT2D eigenvalue weighted by Crippen LogP contribution is 2.24. The zero-order valence-corrected chi connectivity index (χ0v) is 10.7. The summed E-state index contributed by atoms with van der Waals surface area (Å²) in [5.41, 5.74) is 0.